The van der Waals surface area contributed by atoms with Gasteiger partial charge < -0.3 is 0 Å². The van der Waals surface area contributed by atoms with E-state index in [1.54, 1.807) is 4.68 Å². The topological polar surface area (TPSA) is 43.6 Å². The molecule has 5 heteroatoms. The van der Waals surface area contributed by atoms with Crippen molar-refractivity contribution in [2.75, 3.05) is 5.88 Å². The fourth-order valence-corrected chi connectivity index (χ4v) is 1.53. The quantitative estimate of drug-likeness (QED) is 0.764. The minimum atomic E-state index is 0.676. The molecule has 0 N–H and O–H groups in total. The summed E-state index contributed by atoms with van der Waals surface area (Å²) in [5, 5.41) is 12.3. The summed E-state index contributed by atoms with van der Waals surface area (Å²) in [6.45, 7) is 1.91. The van der Waals surface area contributed by atoms with E-state index in [9.17, 15) is 0 Å². The number of alkyl halides is 1. The second kappa shape index (κ2) is 5.07. The number of hydrogen-bond acceptors (Lipinski definition) is 3. The minimum absolute atomic E-state index is 0.676. The van der Waals surface area contributed by atoms with E-state index in [1.807, 2.05) is 31.5 Å². The Balaban J connectivity index is 2.15. The largest absolute Gasteiger partial charge is 0.221 e. The van der Waals surface area contributed by atoms with Gasteiger partial charge in [0.15, 0.2) is 5.82 Å². The molecular weight excluding hydrogens is 224 g/mol. The normalized spacial score (nSPS) is 10.6. The van der Waals surface area contributed by atoms with Crippen LogP contribution < -0.4 is 0 Å². The predicted octanol–water partition coefficient (Wildman–Crippen LogP) is 2.14. The van der Waals surface area contributed by atoms with Crippen molar-refractivity contribution in [1.29, 1.82) is 0 Å². The SMILES string of the molecule is Cc1ccc(-n2cc(CCCCl)cn2)nn1. The van der Waals surface area contributed by atoms with Crippen LogP contribution in [0.25, 0.3) is 5.82 Å². The molecule has 0 saturated heterocycles. The lowest BCUT2D eigenvalue weighted by atomic mass is 10.2. The lowest BCUT2D eigenvalue weighted by Crippen LogP contribution is -1.99. The van der Waals surface area contributed by atoms with Crippen LogP contribution in [0.4, 0.5) is 0 Å². The number of rotatable bonds is 4. The van der Waals surface area contributed by atoms with Crippen molar-refractivity contribution in [1.82, 2.24) is 20.0 Å². The van der Waals surface area contributed by atoms with Gasteiger partial charge in [0, 0.05) is 12.1 Å². The first-order chi connectivity index (χ1) is 7.79. The molecule has 2 heterocycles. The fourth-order valence-electron chi connectivity index (χ4n) is 1.40. The van der Waals surface area contributed by atoms with Crippen molar-refractivity contribution in [3.05, 3.63) is 35.8 Å². The van der Waals surface area contributed by atoms with E-state index in [0.717, 1.165) is 24.4 Å². The molecular formula is C11H13ClN4. The van der Waals surface area contributed by atoms with Crippen molar-refractivity contribution < 1.29 is 0 Å². The predicted molar refractivity (Wildman–Crippen MR) is 62.9 cm³/mol. The highest BCUT2D eigenvalue weighted by Crippen LogP contribution is 2.07. The van der Waals surface area contributed by atoms with Crippen molar-refractivity contribution in [3.8, 4) is 5.82 Å². The van der Waals surface area contributed by atoms with Gasteiger partial charge in [0.1, 0.15) is 0 Å². The maximum atomic E-state index is 5.64. The molecule has 0 atom stereocenters. The van der Waals surface area contributed by atoms with Crippen molar-refractivity contribution in [2.45, 2.75) is 19.8 Å². The highest BCUT2D eigenvalue weighted by atomic mass is 35.5. The van der Waals surface area contributed by atoms with E-state index in [0.29, 0.717) is 5.88 Å². The molecule has 0 spiro atoms. The molecule has 84 valence electrons. The Morgan fingerprint density at radius 3 is 2.88 bits per heavy atom. The molecule has 0 radical (unpaired) electrons. The number of hydrogen-bond donors (Lipinski definition) is 0. The molecule has 4 nitrogen and oxygen atoms in total. The summed E-state index contributed by atoms with van der Waals surface area (Å²) in [7, 11) is 0. The van der Waals surface area contributed by atoms with Crippen LogP contribution in [0.1, 0.15) is 17.7 Å². The van der Waals surface area contributed by atoms with Gasteiger partial charge in [-0.25, -0.2) is 4.68 Å². The highest BCUT2D eigenvalue weighted by molar-refractivity contribution is 6.17. The Morgan fingerprint density at radius 1 is 1.31 bits per heavy atom. The van der Waals surface area contributed by atoms with Crippen LogP contribution in [0.15, 0.2) is 24.5 Å². The van der Waals surface area contributed by atoms with Crippen LogP contribution in [-0.4, -0.2) is 25.9 Å². The van der Waals surface area contributed by atoms with Gasteiger partial charge in [-0.1, -0.05) is 0 Å². The summed E-state index contributed by atoms with van der Waals surface area (Å²) in [4.78, 5) is 0. The average molecular weight is 237 g/mol. The summed E-state index contributed by atoms with van der Waals surface area (Å²) in [6, 6.07) is 3.82. The van der Waals surface area contributed by atoms with Gasteiger partial charge in [0.05, 0.1) is 11.9 Å². The summed E-state index contributed by atoms with van der Waals surface area (Å²) < 4.78 is 1.73. The zero-order valence-electron chi connectivity index (χ0n) is 9.10. The van der Waals surface area contributed by atoms with E-state index in [4.69, 9.17) is 11.6 Å². The van der Waals surface area contributed by atoms with Crippen LogP contribution in [-0.2, 0) is 6.42 Å². The van der Waals surface area contributed by atoms with E-state index >= 15 is 0 Å². The minimum Gasteiger partial charge on any atom is -0.221 e. The van der Waals surface area contributed by atoms with E-state index < -0.39 is 0 Å². The first-order valence-electron chi connectivity index (χ1n) is 5.20. The van der Waals surface area contributed by atoms with Gasteiger partial charge in [0.2, 0.25) is 0 Å². The summed E-state index contributed by atoms with van der Waals surface area (Å²) in [5.41, 5.74) is 2.07. The number of aryl methyl sites for hydroxylation is 2. The molecule has 0 unspecified atom stereocenters. The van der Waals surface area contributed by atoms with Gasteiger partial charge >= 0.3 is 0 Å². The molecule has 0 aromatic carbocycles. The third-order valence-corrected chi connectivity index (χ3v) is 2.52. The number of aromatic nitrogens is 4. The standard InChI is InChI=1S/C11H13ClN4/c1-9-4-5-11(15-14-9)16-8-10(7-13-16)3-2-6-12/h4-5,7-8H,2-3,6H2,1H3. The molecule has 0 aliphatic carbocycles. The molecule has 0 bridgehead atoms. The van der Waals surface area contributed by atoms with Gasteiger partial charge in [-0.2, -0.15) is 10.2 Å². The molecule has 0 aliphatic rings. The molecule has 0 aliphatic heterocycles. The Hall–Kier alpha value is -1.42. The van der Waals surface area contributed by atoms with E-state index in [-0.39, 0.29) is 0 Å². The highest BCUT2D eigenvalue weighted by Gasteiger charge is 2.02. The summed E-state index contributed by atoms with van der Waals surface area (Å²) in [6.07, 6.45) is 5.72. The van der Waals surface area contributed by atoms with Gasteiger partial charge in [-0.15, -0.1) is 16.7 Å². The van der Waals surface area contributed by atoms with Gasteiger partial charge in [-0.3, -0.25) is 0 Å². The van der Waals surface area contributed by atoms with Crippen LogP contribution in [0.5, 0.6) is 0 Å². The zero-order chi connectivity index (χ0) is 11.4. The lowest BCUT2D eigenvalue weighted by Gasteiger charge is -1.98. The lowest BCUT2D eigenvalue weighted by molar-refractivity contribution is 0.805. The third kappa shape index (κ3) is 2.58. The van der Waals surface area contributed by atoms with E-state index in [1.165, 1.54) is 5.56 Å². The van der Waals surface area contributed by atoms with Crippen molar-refractivity contribution in [3.63, 3.8) is 0 Å². The second-order valence-electron chi connectivity index (χ2n) is 3.62. The summed E-state index contributed by atoms with van der Waals surface area (Å²) >= 11 is 5.64. The Labute approximate surface area is 99.3 Å². The Kier molecular flexibility index (Phi) is 3.51. The Bertz CT molecular complexity index is 449. The molecule has 2 rings (SSSR count). The molecule has 0 amide bonds. The molecule has 2 aromatic rings. The summed E-state index contributed by atoms with van der Waals surface area (Å²) in [5.74, 6) is 1.41. The first kappa shape index (κ1) is 11.1. The van der Waals surface area contributed by atoms with Crippen molar-refractivity contribution >= 4 is 11.6 Å². The monoisotopic (exact) mass is 236 g/mol. The maximum absolute atomic E-state index is 5.64. The van der Waals surface area contributed by atoms with Crippen LogP contribution in [0.3, 0.4) is 0 Å². The zero-order valence-corrected chi connectivity index (χ0v) is 9.85. The number of nitrogens with zero attached hydrogens (tertiary/aromatic N) is 4. The molecule has 16 heavy (non-hydrogen) atoms. The van der Waals surface area contributed by atoms with E-state index in [2.05, 4.69) is 15.3 Å². The fraction of sp³-hybridized carbons (Fsp3) is 0.364. The molecule has 0 fully saturated rings. The molecule has 2 aromatic heterocycles. The van der Waals surface area contributed by atoms with Crippen LogP contribution in [0.2, 0.25) is 0 Å². The second-order valence-corrected chi connectivity index (χ2v) is 4.00. The Morgan fingerprint density at radius 2 is 2.19 bits per heavy atom. The van der Waals surface area contributed by atoms with Crippen LogP contribution in [0, 0.1) is 6.92 Å². The first-order valence-corrected chi connectivity index (χ1v) is 5.73. The van der Waals surface area contributed by atoms with Gasteiger partial charge in [0.25, 0.3) is 0 Å². The van der Waals surface area contributed by atoms with Crippen LogP contribution >= 0.6 is 11.6 Å². The van der Waals surface area contributed by atoms with Gasteiger partial charge in [-0.05, 0) is 37.5 Å². The molecule has 0 saturated carbocycles. The van der Waals surface area contributed by atoms with Crippen molar-refractivity contribution in [2.24, 2.45) is 0 Å². The maximum Gasteiger partial charge on any atom is 0.175 e. The third-order valence-electron chi connectivity index (χ3n) is 2.25. The number of halogens is 1. The average Bonchev–Trinajstić information content (AvgIpc) is 2.76. The smallest absolute Gasteiger partial charge is 0.175 e.